The Hall–Kier alpha value is 0.1000. The summed E-state index contributed by atoms with van der Waals surface area (Å²) in [6.07, 6.45) is 12.3. The number of ketones is 1. The van der Waals surface area contributed by atoms with Gasteiger partial charge in [0.2, 0.25) is 0 Å². The van der Waals surface area contributed by atoms with Gasteiger partial charge in [-0.25, -0.2) is 0 Å². The van der Waals surface area contributed by atoms with Crippen molar-refractivity contribution in [2.45, 2.75) is 84.0 Å². The first kappa shape index (κ1) is 23.4. The molecule has 0 aromatic rings. The number of rotatable bonds is 14. The molecular weight excluding hydrogens is 277 g/mol. The van der Waals surface area contributed by atoms with Crippen molar-refractivity contribution < 1.29 is 14.4 Å². The van der Waals surface area contributed by atoms with Gasteiger partial charge < -0.3 is 4.84 Å². The number of carbonyl (C=O) groups excluding carboxylic acids is 2. The van der Waals surface area contributed by atoms with Gasteiger partial charge in [-0.05, 0) is 6.42 Å². The molecule has 0 saturated heterocycles. The average molecular weight is 309 g/mol. The third kappa shape index (κ3) is 18.1. The number of hydrogen-bond acceptors (Lipinski definition) is 4. The summed E-state index contributed by atoms with van der Waals surface area (Å²) in [6, 6.07) is 0. The number of nitrogens with one attached hydrogen (secondary N) is 1. The summed E-state index contributed by atoms with van der Waals surface area (Å²) >= 11 is 0. The van der Waals surface area contributed by atoms with E-state index in [4.69, 9.17) is 0 Å². The van der Waals surface area contributed by atoms with E-state index in [-0.39, 0.29) is 47.7 Å². The van der Waals surface area contributed by atoms with Gasteiger partial charge in [0.25, 0.3) is 0 Å². The zero-order chi connectivity index (χ0) is 15.1. The van der Waals surface area contributed by atoms with Gasteiger partial charge in [0.15, 0.2) is 0 Å². The van der Waals surface area contributed by atoms with Crippen LogP contribution < -0.4 is 5.48 Å². The van der Waals surface area contributed by atoms with Crippen molar-refractivity contribution in [2.75, 3.05) is 7.05 Å². The molecule has 0 radical (unpaired) electrons. The van der Waals surface area contributed by atoms with Crippen molar-refractivity contribution in [3.63, 3.8) is 0 Å². The summed E-state index contributed by atoms with van der Waals surface area (Å²) < 4.78 is 0. The van der Waals surface area contributed by atoms with E-state index in [1.807, 2.05) is 0 Å². The molecule has 0 fully saturated rings. The van der Waals surface area contributed by atoms with Crippen LogP contribution in [0.5, 0.6) is 0 Å². The molecule has 1 N–H and O–H groups in total. The van der Waals surface area contributed by atoms with E-state index in [0.717, 1.165) is 12.8 Å². The summed E-state index contributed by atoms with van der Waals surface area (Å²) in [5.41, 5.74) is 2.31. The fourth-order valence-electron chi connectivity index (χ4n) is 2.16. The van der Waals surface area contributed by atoms with E-state index >= 15 is 0 Å². The molecule has 0 aliphatic heterocycles. The van der Waals surface area contributed by atoms with Gasteiger partial charge in [0, 0.05) is 19.9 Å². The molecule has 0 spiro atoms. The van der Waals surface area contributed by atoms with Crippen LogP contribution in [0.1, 0.15) is 84.0 Å². The first-order valence-electron chi connectivity index (χ1n) is 8.08. The van der Waals surface area contributed by atoms with Crippen LogP contribution in [0.2, 0.25) is 0 Å². The minimum absolute atomic E-state index is 0. The van der Waals surface area contributed by atoms with Crippen molar-refractivity contribution in [1.82, 2.24) is 5.48 Å². The molecule has 0 unspecified atom stereocenters. The second kappa shape index (κ2) is 18.1. The zero-order valence-electron chi connectivity index (χ0n) is 13.2. The van der Waals surface area contributed by atoms with Crippen molar-refractivity contribution >= 4 is 41.3 Å². The molecule has 0 aliphatic rings. The Balaban J connectivity index is 0. The number of Topliss-reactive ketones (excluding diaryl/α,β-unsaturated/α-hetero) is 1. The molecule has 21 heavy (non-hydrogen) atoms. The fourth-order valence-corrected chi connectivity index (χ4v) is 2.16. The van der Waals surface area contributed by atoms with E-state index in [2.05, 4.69) is 17.2 Å². The maximum absolute atomic E-state index is 11.5. The maximum atomic E-state index is 11.5. The predicted molar refractivity (Wildman–Crippen MR) is 88.4 cm³/mol. The molecule has 0 amide bonds. The van der Waals surface area contributed by atoms with Gasteiger partial charge in [-0.1, -0.05) is 58.3 Å². The molecule has 0 aromatic heterocycles. The molecule has 5 heteroatoms. The summed E-state index contributed by atoms with van der Waals surface area (Å²) in [5, 5.41) is 0. The first-order chi connectivity index (χ1) is 9.70. The van der Waals surface area contributed by atoms with Gasteiger partial charge in [-0.3, -0.25) is 9.59 Å². The van der Waals surface area contributed by atoms with Crippen LogP contribution >= 0.6 is 0 Å². The Morgan fingerprint density at radius 2 is 1.33 bits per heavy atom. The molecule has 0 bridgehead atoms. The quantitative estimate of drug-likeness (QED) is 0.304. The van der Waals surface area contributed by atoms with Gasteiger partial charge in [-0.15, -0.1) is 0 Å². The van der Waals surface area contributed by atoms with Gasteiger partial charge in [0.1, 0.15) is 5.78 Å². The van der Waals surface area contributed by atoms with Crippen molar-refractivity contribution in [3.8, 4) is 0 Å². The molecule has 0 aliphatic carbocycles. The molecule has 4 nitrogen and oxygen atoms in total. The Morgan fingerprint density at radius 1 is 0.810 bits per heavy atom. The average Bonchev–Trinajstić information content (AvgIpc) is 2.43. The Morgan fingerprint density at radius 3 is 1.86 bits per heavy atom. The topological polar surface area (TPSA) is 55.4 Å². The number of hydroxylamine groups is 1. The third-order valence-corrected chi connectivity index (χ3v) is 3.38. The van der Waals surface area contributed by atoms with Crippen LogP contribution in [0.15, 0.2) is 0 Å². The molecule has 0 heterocycles. The van der Waals surface area contributed by atoms with Crippen LogP contribution in [0.4, 0.5) is 0 Å². The molecular formula is C16H32NNaO3. The Kier molecular flexibility index (Phi) is 20.2. The normalized spacial score (nSPS) is 10.0. The fraction of sp³-hybridized carbons (Fsp3) is 0.875. The standard InChI is InChI=1S/C16H31NO3.Na.H/c1-3-4-5-6-7-8-9-10-11-12-15(18)13-14-16(19)20-17-2;;/h17H,3-14H2,1-2H3;;. The second-order valence-corrected chi connectivity index (χ2v) is 5.30. The van der Waals surface area contributed by atoms with Gasteiger partial charge in [0.05, 0.1) is 6.42 Å². The monoisotopic (exact) mass is 309 g/mol. The van der Waals surface area contributed by atoms with E-state index < -0.39 is 0 Å². The number of carbonyl (C=O) groups is 2. The minimum atomic E-state index is -0.368. The summed E-state index contributed by atoms with van der Waals surface area (Å²) in [5.74, 6) is -0.200. The number of hydrogen-bond donors (Lipinski definition) is 1. The van der Waals surface area contributed by atoms with E-state index in [1.54, 1.807) is 0 Å². The van der Waals surface area contributed by atoms with Crippen LogP contribution in [-0.2, 0) is 14.4 Å². The molecule has 0 rings (SSSR count). The Labute approximate surface area is 152 Å². The summed E-state index contributed by atoms with van der Waals surface area (Å²) in [4.78, 5) is 27.1. The van der Waals surface area contributed by atoms with Crippen LogP contribution in [0, 0.1) is 0 Å². The summed E-state index contributed by atoms with van der Waals surface area (Å²) in [6.45, 7) is 2.23. The Bertz CT molecular complexity index is 260. The van der Waals surface area contributed by atoms with Gasteiger partial charge in [-0.2, -0.15) is 5.48 Å². The van der Waals surface area contributed by atoms with E-state index in [0.29, 0.717) is 12.8 Å². The van der Waals surface area contributed by atoms with Gasteiger partial charge >= 0.3 is 35.5 Å². The van der Waals surface area contributed by atoms with Crippen molar-refractivity contribution in [1.29, 1.82) is 0 Å². The first-order valence-corrected chi connectivity index (χ1v) is 8.08. The van der Waals surface area contributed by atoms with Crippen LogP contribution in [-0.4, -0.2) is 48.4 Å². The molecule has 0 atom stereocenters. The second-order valence-electron chi connectivity index (χ2n) is 5.30. The van der Waals surface area contributed by atoms with Crippen molar-refractivity contribution in [2.24, 2.45) is 0 Å². The molecule has 0 aromatic carbocycles. The van der Waals surface area contributed by atoms with E-state index in [9.17, 15) is 9.59 Å². The predicted octanol–water partition coefficient (Wildman–Crippen LogP) is 3.29. The molecule has 120 valence electrons. The summed E-state index contributed by atoms with van der Waals surface area (Å²) in [7, 11) is 1.53. The van der Waals surface area contributed by atoms with Crippen molar-refractivity contribution in [3.05, 3.63) is 0 Å². The SMILES string of the molecule is CCCCCCCCCCCC(=O)CCC(=O)ONC.[NaH]. The molecule has 0 saturated carbocycles. The van der Waals surface area contributed by atoms with E-state index in [1.165, 1.54) is 52.0 Å². The zero-order valence-corrected chi connectivity index (χ0v) is 13.2. The number of unbranched alkanes of at least 4 members (excludes halogenated alkanes) is 8. The van der Waals surface area contributed by atoms with Crippen LogP contribution in [0.25, 0.3) is 0 Å². The third-order valence-electron chi connectivity index (χ3n) is 3.38. The van der Waals surface area contributed by atoms with Crippen LogP contribution in [0.3, 0.4) is 0 Å².